The molecule has 3 aromatic rings. The van der Waals surface area contributed by atoms with Crippen molar-refractivity contribution >= 4 is 28.9 Å². The van der Waals surface area contributed by atoms with Crippen LogP contribution in [0.25, 0.3) is 17.2 Å². The highest BCUT2D eigenvalue weighted by Gasteiger charge is 2.15. The molecular formula is C19H18N2O4. The van der Waals surface area contributed by atoms with E-state index < -0.39 is 5.97 Å². The summed E-state index contributed by atoms with van der Waals surface area (Å²) in [5.74, 6) is -0.551. The number of esters is 1. The van der Waals surface area contributed by atoms with Gasteiger partial charge in [0.25, 0.3) is 0 Å². The Morgan fingerprint density at radius 3 is 2.72 bits per heavy atom. The Hall–Kier alpha value is -3.15. The number of aryl methyl sites for hydroxylation is 1. The number of carbonyl (C=O) groups is 2. The second-order valence-corrected chi connectivity index (χ2v) is 5.73. The average molecular weight is 338 g/mol. The topological polar surface area (TPSA) is 74.3 Å². The van der Waals surface area contributed by atoms with Crippen molar-refractivity contribution in [2.75, 3.05) is 6.61 Å². The van der Waals surface area contributed by atoms with E-state index in [1.54, 1.807) is 12.1 Å². The van der Waals surface area contributed by atoms with E-state index in [-0.39, 0.29) is 12.4 Å². The van der Waals surface area contributed by atoms with Gasteiger partial charge >= 0.3 is 5.97 Å². The van der Waals surface area contributed by atoms with Crippen molar-refractivity contribution in [3.05, 3.63) is 59.2 Å². The molecule has 6 heteroatoms. The molecule has 0 atom stereocenters. The van der Waals surface area contributed by atoms with Crippen LogP contribution in [0.3, 0.4) is 0 Å². The predicted molar refractivity (Wildman–Crippen MR) is 93.2 cm³/mol. The van der Waals surface area contributed by atoms with Gasteiger partial charge in [-0.3, -0.25) is 4.79 Å². The molecule has 3 rings (SSSR count). The molecule has 0 aliphatic rings. The van der Waals surface area contributed by atoms with Crippen molar-refractivity contribution in [2.24, 2.45) is 7.05 Å². The third-order valence-electron chi connectivity index (χ3n) is 4.09. The van der Waals surface area contributed by atoms with E-state index in [1.807, 2.05) is 43.7 Å². The van der Waals surface area contributed by atoms with E-state index >= 15 is 0 Å². The first-order chi connectivity index (χ1) is 12.0. The molecule has 0 fully saturated rings. The third kappa shape index (κ3) is 3.52. The van der Waals surface area contributed by atoms with Gasteiger partial charge in [0.1, 0.15) is 5.52 Å². The summed E-state index contributed by atoms with van der Waals surface area (Å²) in [6.45, 7) is 3.47. The lowest BCUT2D eigenvalue weighted by molar-refractivity contribution is -0.136. The molecule has 0 amide bonds. The van der Waals surface area contributed by atoms with Crippen LogP contribution in [0.15, 0.2) is 40.8 Å². The molecular weight excluding hydrogens is 320 g/mol. The zero-order valence-electron chi connectivity index (χ0n) is 14.3. The molecule has 2 aromatic heterocycles. The van der Waals surface area contributed by atoms with Crippen LogP contribution >= 0.6 is 0 Å². The molecule has 128 valence electrons. The van der Waals surface area contributed by atoms with Crippen LogP contribution in [0.4, 0.5) is 0 Å². The minimum atomic E-state index is -0.624. The molecule has 0 aliphatic heterocycles. The number of hydrogen-bond acceptors (Lipinski definition) is 5. The maximum absolute atomic E-state index is 12.2. The predicted octanol–water partition coefficient (Wildman–Crippen LogP) is 3.22. The number of para-hydroxylation sites is 2. The van der Waals surface area contributed by atoms with Crippen LogP contribution in [-0.2, 0) is 16.6 Å². The Kier molecular flexibility index (Phi) is 4.52. The van der Waals surface area contributed by atoms with Gasteiger partial charge in [-0.25, -0.2) is 9.78 Å². The number of oxazole rings is 1. The fourth-order valence-corrected chi connectivity index (χ4v) is 2.50. The molecule has 0 N–H and O–H groups in total. The molecule has 0 saturated carbocycles. The van der Waals surface area contributed by atoms with Gasteiger partial charge in [0.05, 0.1) is 0 Å². The lowest BCUT2D eigenvalue weighted by atomic mass is 10.1. The number of hydrogen-bond donors (Lipinski definition) is 0. The fourth-order valence-electron chi connectivity index (χ4n) is 2.50. The summed E-state index contributed by atoms with van der Waals surface area (Å²) in [4.78, 5) is 28.2. The Balaban J connectivity index is 1.60. The zero-order valence-corrected chi connectivity index (χ0v) is 14.3. The molecule has 0 unspecified atom stereocenters. The van der Waals surface area contributed by atoms with Crippen LogP contribution in [0, 0.1) is 13.8 Å². The quantitative estimate of drug-likeness (QED) is 0.406. The number of nitrogens with zero attached hydrogens (tertiary/aromatic N) is 2. The number of carbonyl (C=O) groups excluding carboxylic acids is 2. The van der Waals surface area contributed by atoms with Crippen molar-refractivity contribution in [3.8, 4) is 0 Å². The summed E-state index contributed by atoms with van der Waals surface area (Å²) < 4.78 is 12.4. The third-order valence-corrected chi connectivity index (χ3v) is 4.09. The first-order valence-electron chi connectivity index (χ1n) is 7.82. The van der Waals surface area contributed by atoms with Gasteiger partial charge in [-0.2, -0.15) is 0 Å². The molecule has 1 aromatic carbocycles. The molecule has 0 spiro atoms. The fraction of sp³-hybridized carbons (Fsp3) is 0.211. The van der Waals surface area contributed by atoms with E-state index in [0.29, 0.717) is 22.6 Å². The van der Waals surface area contributed by atoms with Crippen LogP contribution in [0.5, 0.6) is 0 Å². The number of ketones is 1. The number of benzene rings is 1. The van der Waals surface area contributed by atoms with Gasteiger partial charge in [0.2, 0.25) is 11.7 Å². The second kappa shape index (κ2) is 6.76. The number of fused-ring (bicyclic) bond motifs is 1. The van der Waals surface area contributed by atoms with Gasteiger partial charge < -0.3 is 13.7 Å². The van der Waals surface area contributed by atoms with E-state index in [1.165, 1.54) is 12.2 Å². The zero-order chi connectivity index (χ0) is 18.0. The van der Waals surface area contributed by atoms with E-state index in [9.17, 15) is 9.59 Å². The Labute approximate surface area is 144 Å². The number of Topliss-reactive ketones (excluding diaryl/α,β-unsaturated/α-hetero) is 1. The summed E-state index contributed by atoms with van der Waals surface area (Å²) in [5, 5.41) is 0. The molecule has 6 nitrogen and oxygen atoms in total. The summed E-state index contributed by atoms with van der Waals surface area (Å²) in [5.41, 5.74) is 3.74. The first-order valence-corrected chi connectivity index (χ1v) is 7.82. The lowest BCUT2D eigenvalue weighted by Crippen LogP contribution is -2.13. The summed E-state index contributed by atoms with van der Waals surface area (Å²) >= 11 is 0. The van der Waals surface area contributed by atoms with E-state index in [0.717, 1.165) is 11.4 Å². The van der Waals surface area contributed by atoms with Crippen molar-refractivity contribution in [1.29, 1.82) is 0 Å². The maximum atomic E-state index is 12.2. The Morgan fingerprint density at radius 2 is 2.04 bits per heavy atom. The summed E-state index contributed by atoms with van der Waals surface area (Å²) in [7, 11) is 1.89. The maximum Gasteiger partial charge on any atom is 0.331 e. The van der Waals surface area contributed by atoms with Crippen LogP contribution in [0.1, 0.15) is 27.6 Å². The minimum Gasteiger partial charge on any atom is -0.454 e. The van der Waals surface area contributed by atoms with Gasteiger partial charge in [-0.15, -0.1) is 0 Å². The summed E-state index contributed by atoms with van der Waals surface area (Å²) in [6.07, 6.45) is 2.62. The smallest absolute Gasteiger partial charge is 0.331 e. The number of ether oxygens (including phenoxy) is 1. The molecule has 0 bridgehead atoms. The Bertz CT molecular complexity index is 946. The number of aromatic nitrogens is 2. The van der Waals surface area contributed by atoms with Crippen LogP contribution in [0.2, 0.25) is 0 Å². The Morgan fingerprint density at radius 1 is 1.28 bits per heavy atom. The molecule has 0 aliphatic carbocycles. The SMILES string of the molecule is Cc1cc(C(=O)COC(=O)/C=C/c2nc3ccccc3o2)c(C)n1C. The van der Waals surface area contributed by atoms with Crippen molar-refractivity contribution < 1.29 is 18.7 Å². The van der Waals surface area contributed by atoms with Crippen LogP contribution < -0.4 is 0 Å². The van der Waals surface area contributed by atoms with E-state index in [4.69, 9.17) is 9.15 Å². The monoisotopic (exact) mass is 338 g/mol. The van der Waals surface area contributed by atoms with Crippen LogP contribution in [-0.4, -0.2) is 27.9 Å². The standard InChI is InChI=1S/C19H18N2O4/c1-12-10-14(13(2)21(12)3)16(22)11-24-19(23)9-8-18-20-15-6-4-5-7-17(15)25-18/h4-10H,11H2,1-3H3/b9-8+. The van der Waals surface area contributed by atoms with E-state index in [2.05, 4.69) is 4.98 Å². The molecule has 2 heterocycles. The largest absolute Gasteiger partial charge is 0.454 e. The molecule has 0 saturated heterocycles. The van der Waals surface area contributed by atoms with Crippen molar-refractivity contribution in [1.82, 2.24) is 9.55 Å². The van der Waals surface area contributed by atoms with Gasteiger partial charge in [0.15, 0.2) is 12.2 Å². The van der Waals surface area contributed by atoms with Gasteiger partial charge in [-0.1, -0.05) is 12.1 Å². The number of rotatable bonds is 5. The first kappa shape index (κ1) is 16.7. The lowest BCUT2D eigenvalue weighted by Gasteiger charge is -2.02. The van der Waals surface area contributed by atoms with Gasteiger partial charge in [0, 0.05) is 36.2 Å². The highest BCUT2D eigenvalue weighted by atomic mass is 16.5. The van der Waals surface area contributed by atoms with Gasteiger partial charge in [-0.05, 0) is 32.0 Å². The molecule has 0 radical (unpaired) electrons. The summed E-state index contributed by atoms with van der Waals surface area (Å²) in [6, 6.07) is 9.09. The highest BCUT2D eigenvalue weighted by Crippen LogP contribution is 2.16. The minimum absolute atomic E-state index is 0.232. The van der Waals surface area contributed by atoms with Crippen molar-refractivity contribution in [2.45, 2.75) is 13.8 Å². The average Bonchev–Trinajstić information content (AvgIpc) is 3.14. The second-order valence-electron chi connectivity index (χ2n) is 5.73. The molecule has 25 heavy (non-hydrogen) atoms. The normalized spacial score (nSPS) is 11.3. The highest BCUT2D eigenvalue weighted by molar-refractivity contribution is 6.00. The van der Waals surface area contributed by atoms with Crippen molar-refractivity contribution in [3.63, 3.8) is 0 Å².